The third-order valence-corrected chi connectivity index (χ3v) is 3.18. The predicted octanol–water partition coefficient (Wildman–Crippen LogP) is 3.81. The standard InChI is InChI=1S/C11H18Cl2N2/c1-4-15-10(7-5-6-8(2)12)11(13)9(3)14-15/h8H,4-7H2,1-3H3. The van der Waals surface area contributed by atoms with Gasteiger partial charge in [-0.25, -0.2) is 0 Å². The Morgan fingerprint density at radius 3 is 2.67 bits per heavy atom. The molecule has 0 aliphatic heterocycles. The molecule has 4 heteroatoms. The van der Waals surface area contributed by atoms with Crippen molar-refractivity contribution in [3.63, 3.8) is 0 Å². The zero-order chi connectivity index (χ0) is 11.4. The molecule has 0 spiro atoms. The lowest BCUT2D eigenvalue weighted by Crippen LogP contribution is -2.04. The van der Waals surface area contributed by atoms with Crippen LogP contribution in [0.1, 0.15) is 38.1 Å². The van der Waals surface area contributed by atoms with Crippen LogP contribution in [0.4, 0.5) is 0 Å². The van der Waals surface area contributed by atoms with Crippen molar-refractivity contribution in [1.29, 1.82) is 0 Å². The van der Waals surface area contributed by atoms with Gasteiger partial charge >= 0.3 is 0 Å². The molecule has 0 radical (unpaired) electrons. The van der Waals surface area contributed by atoms with Gasteiger partial charge in [0.1, 0.15) is 0 Å². The molecule has 1 aromatic rings. The molecule has 0 N–H and O–H groups in total. The molecule has 2 nitrogen and oxygen atoms in total. The van der Waals surface area contributed by atoms with Crippen LogP contribution in [0.5, 0.6) is 0 Å². The van der Waals surface area contributed by atoms with Gasteiger partial charge in [-0.1, -0.05) is 11.6 Å². The minimum Gasteiger partial charge on any atom is -0.268 e. The van der Waals surface area contributed by atoms with Crippen LogP contribution in [0.15, 0.2) is 0 Å². The highest BCUT2D eigenvalue weighted by Crippen LogP contribution is 2.22. The number of rotatable bonds is 5. The van der Waals surface area contributed by atoms with Crippen molar-refractivity contribution >= 4 is 23.2 Å². The Morgan fingerprint density at radius 2 is 2.13 bits per heavy atom. The Kier molecular flexibility index (Phi) is 4.94. The average molecular weight is 249 g/mol. The van der Waals surface area contributed by atoms with Crippen LogP contribution in [-0.2, 0) is 13.0 Å². The molecule has 0 amide bonds. The zero-order valence-electron chi connectivity index (χ0n) is 9.56. The van der Waals surface area contributed by atoms with Gasteiger partial charge in [0.05, 0.1) is 16.4 Å². The van der Waals surface area contributed by atoms with Gasteiger partial charge in [-0.3, -0.25) is 4.68 Å². The average Bonchev–Trinajstić information content (AvgIpc) is 2.44. The summed E-state index contributed by atoms with van der Waals surface area (Å²) in [4.78, 5) is 0. The van der Waals surface area contributed by atoms with Crippen LogP contribution < -0.4 is 0 Å². The number of hydrogen-bond donors (Lipinski definition) is 0. The van der Waals surface area contributed by atoms with E-state index in [2.05, 4.69) is 12.0 Å². The Bertz CT molecular complexity index is 319. The molecule has 15 heavy (non-hydrogen) atoms. The third-order valence-electron chi connectivity index (χ3n) is 2.47. The van der Waals surface area contributed by atoms with Crippen molar-refractivity contribution in [2.45, 2.75) is 52.0 Å². The molecular formula is C11H18Cl2N2. The molecule has 1 rings (SSSR count). The van der Waals surface area contributed by atoms with E-state index < -0.39 is 0 Å². The van der Waals surface area contributed by atoms with Crippen LogP contribution in [0.25, 0.3) is 0 Å². The lowest BCUT2D eigenvalue weighted by molar-refractivity contribution is 0.597. The second kappa shape index (κ2) is 5.76. The third kappa shape index (κ3) is 3.39. The van der Waals surface area contributed by atoms with Crippen LogP contribution in [0.3, 0.4) is 0 Å². The quantitative estimate of drug-likeness (QED) is 0.725. The highest BCUT2D eigenvalue weighted by molar-refractivity contribution is 6.31. The van der Waals surface area contributed by atoms with Gasteiger partial charge in [-0.2, -0.15) is 5.10 Å². The molecule has 0 aliphatic rings. The number of aromatic nitrogens is 2. The number of nitrogens with zero attached hydrogens (tertiary/aromatic N) is 2. The molecular weight excluding hydrogens is 231 g/mol. The van der Waals surface area contributed by atoms with Gasteiger partial charge < -0.3 is 0 Å². The molecule has 0 saturated carbocycles. The summed E-state index contributed by atoms with van der Waals surface area (Å²) in [6.45, 7) is 6.92. The topological polar surface area (TPSA) is 17.8 Å². The van der Waals surface area contributed by atoms with E-state index in [4.69, 9.17) is 23.2 Å². The van der Waals surface area contributed by atoms with Crippen LogP contribution in [0.2, 0.25) is 5.02 Å². The van der Waals surface area contributed by atoms with E-state index in [0.29, 0.717) is 0 Å². The highest BCUT2D eigenvalue weighted by atomic mass is 35.5. The van der Waals surface area contributed by atoms with E-state index in [1.165, 1.54) is 0 Å². The van der Waals surface area contributed by atoms with E-state index in [9.17, 15) is 0 Å². The molecule has 0 saturated heterocycles. The summed E-state index contributed by atoms with van der Waals surface area (Å²) in [6.07, 6.45) is 3.05. The molecule has 1 unspecified atom stereocenters. The first-order valence-electron chi connectivity index (χ1n) is 5.42. The maximum Gasteiger partial charge on any atom is 0.0847 e. The van der Waals surface area contributed by atoms with Crippen LogP contribution >= 0.6 is 23.2 Å². The summed E-state index contributed by atoms with van der Waals surface area (Å²) >= 11 is 12.1. The molecule has 0 fully saturated rings. The molecule has 1 heterocycles. The van der Waals surface area contributed by atoms with Crippen LogP contribution in [-0.4, -0.2) is 15.2 Å². The van der Waals surface area contributed by atoms with Gasteiger partial charge in [0.15, 0.2) is 0 Å². The van der Waals surface area contributed by atoms with Gasteiger partial charge in [0.25, 0.3) is 0 Å². The minimum absolute atomic E-state index is 0.239. The maximum absolute atomic E-state index is 6.19. The van der Waals surface area contributed by atoms with E-state index in [1.807, 2.05) is 18.5 Å². The first kappa shape index (κ1) is 12.9. The fraction of sp³-hybridized carbons (Fsp3) is 0.727. The first-order chi connectivity index (χ1) is 7.06. The Balaban J connectivity index is 2.66. The van der Waals surface area contributed by atoms with E-state index in [-0.39, 0.29) is 5.38 Å². The SMILES string of the molecule is CCn1nc(C)c(Cl)c1CCCC(C)Cl. The van der Waals surface area contributed by atoms with Crippen molar-refractivity contribution < 1.29 is 0 Å². The fourth-order valence-electron chi connectivity index (χ4n) is 1.66. The normalized spacial score (nSPS) is 13.1. The zero-order valence-corrected chi connectivity index (χ0v) is 11.1. The summed E-state index contributed by atoms with van der Waals surface area (Å²) < 4.78 is 1.98. The van der Waals surface area contributed by atoms with Gasteiger partial charge in [0, 0.05) is 11.9 Å². The van der Waals surface area contributed by atoms with Crippen molar-refractivity contribution in [3.8, 4) is 0 Å². The summed E-state index contributed by atoms with van der Waals surface area (Å²) in [6, 6.07) is 0. The lowest BCUT2D eigenvalue weighted by Gasteiger charge is -2.06. The fourth-order valence-corrected chi connectivity index (χ4v) is 2.04. The maximum atomic E-state index is 6.19. The number of hydrogen-bond acceptors (Lipinski definition) is 1. The highest BCUT2D eigenvalue weighted by Gasteiger charge is 2.12. The molecule has 1 aromatic heterocycles. The monoisotopic (exact) mass is 248 g/mol. The van der Waals surface area contributed by atoms with Gasteiger partial charge in [-0.05, 0) is 40.0 Å². The summed E-state index contributed by atoms with van der Waals surface area (Å²) in [5, 5.41) is 5.44. The van der Waals surface area contributed by atoms with E-state index >= 15 is 0 Å². The largest absolute Gasteiger partial charge is 0.268 e. The predicted molar refractivity (Wildman–Crippen MR) is 65.9 cm³/mol. The molecule has 0 aliphatic carbocycles. The summed E-state index contributed by atoms with van der Waals surface area (Å²) in [5.74, 6) is 0. The van der Waals surface area contributed by atoms with Gasteiger partial charge in [0.2, 0.25) is 0 Å². The van der Waals surface area contributed by atoms with E-state index in [0.717, 1.165) is 42.2 Å². The molecule has 86 valence electrons. The Hall–Kier alpha value is -0.210. The molecule has 0 bridgehead atoms. The summed E-state index contributed by atoms with van der Waals surface area (Å²) in [7, 11) is 0. The van der Waals surface area contributed by atoms with Crippen LogP contribution in [0, 0.1) is 6.92 Å². The van der Waals surface area contributed by atoms with E-state index in [1.54, 1.807) is 0 Å². The lowest BCUT2D eigenvalue weighted by atomic mass is 10.1. The van der Waals surface area contributed by atoms with Crippen molar-refractivity contribution in [1.82, 2.24) is 9.78 Å². The minimum atomic E-state index is 0.239. The smallest absolute Gasteiger partial charge is 0.0847 e. The molecule has 1 atom stereocenters. The number of halogens is 2. The Morgan fingerprint density at radius 1 is 1.47 bits per heavy atom. The number of alkyl halides is 1. The summed E-state index contributed by atoms with van der Waals surface area (Å²) in [5.41, 5.74) is 2.07. The van der Waals surface area contributed by atoms with Crippen molar-refractivity contribution in [3.05, 3.63) is 16.4 Å². The first-order valence-corrected chi connectivity index (χ1v) is 6.23. The molecule has 0 aromatic carbocycles. The van der Waals surface area contributed by atoms with Crippen molar-refractivity contribution in [2.75, 3.05) is 0 Å². The van der Waals surface area contributed by atoms with Crippen molar-refractivity contribution in [2.24, 2.45) is 0 Å². The number of aryl methyl sites for hydroxylation is 2. The second-order valence-electron chi connectivity index (χ2n) is 3.83. The Labute approximate surface area is 102 Å². The second-order valence-corrected chi connectivity index (χ2v) is 4.96. The van der Waals surface area contributed by atoms with Gasteiger partial charge in [-0.15, -0.1) is 11.6 Å².